The van der Waals surface area contributed by atoms with Gasteiger partial charge in [-0.25, -0.2) is 9.97 Å². The van der Waals surface area contributed by atoms with Crippen LogP contribution in [0, 0.1) is 0 Å². The van der Waals surface area contributed by atoms with Crippen LogP contribution in [0.25, 0.3) is 11.5 Å². The van der Waals surface area contributed by atoms with E-state index in [1.807, 2.05) is 6.07 Å². The van der Waals surface area contributed by atoms with Crippen LogP contribution in [0.3, 0.4) is 0 Å². The van der Waals surface area contributed by atoms with Crippen LogP contribution in [0.1, 0.15) is 25.3 Å². The summed E-state index contributed by atoms with van der Waals surface area (Å²) in [5.41, 5.74) is 13.0. The SMILES string of the molecule is COc1cc(C(C)C)c(Oc2cnc(N)nc2N)cc1-c1ncco1. The van der Waals surface area contributed by atoms with Gasteiger partial charge in [0.1, 0.15) is 17.8 Å². The number of hydrogen-bond donors (Lipinski definition) is 2. The Labute approximate surface area is 144 Å². The molecule has 0 amide bonds. The number of nitrogens with zero attached hydrogens (tertiary/aromatic N) is 3. The summed E-state index contributed by atoms with van der Waals surface area (Å²) >= 11 is 0. The summed E-state index contributed by atoms with van der Waals surface area (Å²) in [4.78, 5) is 12.0. The lowest BCUT2D eigenvalue weighted by molar-refractivity contribution is 0.410. The smallest absolute Gasteiger partial charge is 0.229 e. The van der Waals surface area contributed by atoms with E-state index in [0.717, 1.165) is 5.56 Å². The molecular formula is C17H19N5O3. The number of oxazole rings is 1. The molecule has 0 radical (unpaired) electrons. The van der Waals surface area contributed by atoms with Gasteiger partial charge < -0.3 is 25.4 Å². The van der Waals surface area contributed by atoms with Gasteiger partial charge in [-0.2, -0.15) is 4.98 Å². The minimum Gasteiger partial charge on any atom is -0.496 e. The first-order valence-corrected chi connectivity index (χ1v) is 7.67. The number of anilines is 2. The second kappa shape index (κ2) is 6.68. The minimum atomic E-state index is 0.0872. The molecule has 0 unspecified atom stereocenters. The highest BCUT2D eigenvalue weighted by atomic mass is 16.5. The predicted octanol–water partition coefficient (Wildman–Crippen LogP) is 3.22. The van der Waals surface area contributed by atoms with Gasteiger partial charge in [-0.1, -0.05) is 13.8 Å². The van der Waals surface area contributed by atoms with Gasteiger partial charge in [-0.05, 0) is 18.1 Å². The van der Waals surface area contributed by atoms with Crippen molar-refractivity contribution in [3.63, 3.8) is 0 Å². The first-order chi connectivity index (χ1) is 12.0. The van der Waals surface area contributed by atoms with E-state index < -0.39 is 0 Å². The van der Waals surface area contributed by atoms with E-state index >= 15 is 0 Å². The largest absolute Gasteiger partial charge is 0.496 e. The summed E-state index contributed by atoms with van der Waals surface area (Å²) in [6.45, 7) is 4.10. The third-order valence-corrected chi connectivity index (χ3v) is 3.64. The van der Waals surface area contributed by atoms with Gasteiger partial charge in [0.15, 0.2) is 11.6 Å². The maximum absolute atomic E-state index is 5.96. The zero-order valence-electron chi connectivity index (χ0n) is 14.2. The molecule has 0 atom stereocenters. The van der Waals surface area contributed by atoms with Gasteiger partial charge in [0.05, 0.1) is 25.1 Å². The van der Waals surface area contributed by atoms with E-state index in [9.17, 15) is 0 Å². The Morgan fingerprint density at radius 3 is 2.48 bits per heavy atom. The van der Waals surface area contributed by atoms with Gasteiger partial charge in [-0.15, -0.1) is 0 Å². The van der Waals surface area contributed by atoms with Crippen molar-refractivity contribution >= 4 is 11.8 Å². The third-order valence-electron chi connectivity index (χ3n) is 3.64. The molecular weight excluding hydrogens is 322 g/mol. The van der Waals surface area contributed by atoms with Crippen molar-refractivity contribution in [1.82, 2.24) is 15.0 Å². The first-order valence-electron chi connectivity index (χ1n) is 7.67. The van der Waals surface area contributed by atoms with Crippen LogP contribution in [-0.2, 0) is 0 Å². The van der Waals surface area contributed by atoms with Gasteiger partial charge >= 0.3 is 0 Å². The van der Waals surface area contributed by atoms with Crippen molar-refractivity contribution in [2.24, 2.45) is 0 Å². The molecule has 0 saturated carbocycles. The molecule has 4 N–H and O–H groups in total. The monoisotopic (exact) mass is 341 g/mol. The maximum Gasteiger partial charge on any atom is 0.229 e. The number of methoxy groups -OCH3 is 1. The standard InChI is InChI=1S/C17H19N5O3/c1-9(2)10-6-12(23-3)11(16-20-4-5-24-16)7-13(10)25-14-8-21-17(19)22-15(14)18/h4-9H,1-3H3,(H4,18,19,21,22). The number of aromatic nitrogens is 3. The second-order valence-electron chi connectivity index (χ2n) is 5.66. The van der Waals surface area contributed by atoms with Crippen molar-refractivity contribution in [2.75, 3.05) is 18.6 Å². The highest BCUT2D eigenvalue weighted by molar-refractivity contribution is 5.68. The maximum atomic E-state index is 5.96. The molecule has 8 nitrogen and oxygen atoms in total. The van der Waals surface area contributed by atoms with Crippen LogP contribution in [0.15, 0.2) is 35.2 Å². The zero-order chi connectivity index (χ0) is 18.0. The summed E-state index contributed by atoms with van der Waals surface area (Å²) < 4.78 is 16.8. The van der Waals surface area contributed by atoms with E-state index in [-0.39, 0.29) is 17.7 Å². The fraction of sp³-hybridized carbons (Fsp3) is 0.235. The quantitative estimate of drug-likeness (QED) is 0.725. The molecule has 3 rings (SSSR count). The molecule has 25 heavy (non-hydrogen) atoms. The summed E-state index contributed by atoms with van der Waals surface area (Å²) in [7, 11) is 1.60. The van der Waals surface area contributed by atoms with Crippen LogP contribution in [0.4, 0.5) is 11.8 Å². The molecule has 8 heteroatoms. The Balaban J connectivity index is 2.11. The molecule has 0 aliphatic carbocycles. The molecule has 0 saturated heterocycles. The topological polar surface area (TPSA) is 122 Å². The molecule has 2 aromatic heterocycles. The summed E-state index contributed by atoms with van der Waals surface area (Å²) in [6, 6.07) is 3.70. The number of ether oxygens (including phenoxy) is 2. The molecule has 1 aromatic carbocycles. The molecule has 0 bridgehead atoms. The van der Waals surface area contributed by atoms with Crippen molar-refractivity contribution in [2.45, 2.75) is 19.8 Å². The number of rotatable bonds is 5. The Hall–Kier alpha value is -3.29. The fourth-order valence-corrected chi connectivity index (χ4v) is 2.40. The van der Waals surface area contributed by atoms with Gasteiger partial charge in [-0.3, -0.25) is 0 Å². The second-order valence-corrected chi connectivity index (χ2v) is 5.66. The number of benzene rings is 1. The van der Waals surface area contributed by atoms with E-state index in [4.69, 9.17) is 25.4 Å². The van der Waals surface area contributed by atoms with Crippen LogP contribution in [0.5, 0.6) is 17.2 Å². The molecule has 0 fully saturated rings. The predicted molar refractivity (Wildman–Crippen MR) is 93.5 cm³/mol. The molecule has 2 heterocycles. The molecule has 3 aromatic rings. The minimum absolute atomic E-state index is 0.0872. The summed E-state index contributed by atoms with van der Waals surface area (Å²) in [6.07, 6.45) is 4.51. The molecule has 0 aliphatic heterocycles. The lowest BCUT2D eigenvalue weighted by atomic mass is 9.99. The van der Waals surface area contributed by atoms with E-state index in [2.05, 4.69) is 28.8 Å². The zero-order valence-corrected chi connectivity index (χ0v) is 14.2. The average molecular weight is 341 g/mol. The lowest BCUT2D eigenvalue weighted by Gasteiger charge is -2.17. The normalized spacial score (nSPS) is 10.9. The first kappa shape index (κ1) is 16.6. The number of nitrogen functional groups attached to an aromatic ring is 2. The Kier molecular flexibility index (Phi) is 4.42. The Morgan fingerprint density at radius 2 is 1.88 bits per heavy atom. The Morgan fingerprint density at radius 1 is 1.08 bits per heavy atom. The molecule has 0 spiro atoms. The van der Waals surface area contributed by atoms with E-state index in [1.54, 1.807) is 19.4 Å². The van der Waals surface area contributed by atoms with Gasteiger partial charge in [0.2, 0.25) is 11.8 Å². The molecule has 0 aliphatic rings. The van der Waals surface area contributed by atoms with Crippen LogP contribution >= 0.6 is 0 Å². The summed E-state index contributed by atoms with van der Waals surface area (Å²) in [5, 5.41) is 0. The average Bonchev–Trinajstić information content (AvgIpc) is 3.11. The van der Waals surface area contributed by atoms with E-state index in [0.29, 0.717) is 28.7 Å². The highest BCUT2D eigenvalue weighted by Crippen LogP contribution is 2.40. The third kappa shape index (κ3) is 3.32. The summed E-state index contributed by atoms with van der Waals surface area (Å²) in [5.74, 6) is 2.40. The number of hydrogen-bond acceptors (Lipinski definition) is 8. The van der Waals surface area contributed by atoms with Crippen molar-refractivity contribution in [3.05, 3.63) is 36.4 Å². The number of nitrogens with two attached hydrogens (primary N) is 2. The molecule has 130 valence electrons. The van der Waals surface area contributed by atoms with Crippen LogP contribution < -0.4 is 20.9 Å². The highest BCUT2D eigenvalue weighted by Gasteiger charge is 2.19. The lowest BCUT2D eigenvalue weighted by Crippen LogP contribution is -2.03. The van der Waals surface area contributed by atoms with Gasteiger partial charge in [0, 0.05) is 5.56 Å². The van der Waals surface area contributed by atoms with Crippen LogP contribution in [-0.4, -0.2) is 22.1 Å². The van der Waals surface area contributed by atoms with Crippen LogP contribution in [0.2, 0.25) is 0 Å². The van der Waals surface area contributed by atoms with E-state index in [1.165, 1.54) is 12.5 Å². The van der Waals surface area contributed by atoms with Crippen molar-refractivity contribution < 1.29 is 13.9 Å². The van der Waals surface area contributed by atoms with Crippen molar-refractivity contribution in [3.8, 4) is 28.7 Å². The van der Waals surface area contributed by atoms with Crippen molar-refractivity contribution in [1.29, 1.82) is 0 Å². The van der Waals surface area contributed by atoms with Gasteiger partial charge in [0.25, 0.3) is 0 Å². The Bertz CT molecular complexity index is 878. The fourth-order valence-electron chi connectivity index (χ4n) is 2.40.